The van der Waals surface area contributed by atoms with Gasteiger partial charge in [0.1, 0.15) is 18.3 Å². The van der Waals surface area contributed by atoms with E-state index in [2.05, 4.69) is 13.8 Å². The predicted octanol–water partition coefficient (Wildman–Crippen LogP) is 2.86. The molecule has 0 radical (unpaired) electrons. The molecule has 2 heterocycles. The number of aliphatic hydroxyl groups excluding tert-OH is 1. The van der Waals surface area contributed by atoms with E-state index in [9.17, 15) is 5.11 Å². The first-order valence-electron chi connectivity index (χ1n) is 10.8. The summed E-state index contributed by atoms with van der Waals surface area (Å²) in [5.41, 5.74) is 1.03. The highest BCUT2D eigenvalue weighted by molar-refractivity contribution is 5.17. The monoisotopic (exact) mass is 428 g/mol. The summed E-state index contributed by atoms with van der Waals surface area (Å²) in [6.45, 7) is 6.23. The van der Waals surface area contributed by atoms with Crippen LogP contribution in [0.15, 0.2) is 23.8 Å². The Balaban J connectivity index is 1.86. The first-order valence-corrected chi connectivity index (χ1v) is 10.8. The molecule has 2 aliphatic heterocycles. The van der Waals surface area contributed by atoms with E-state index in [1.54, 1.807) is 28.4 Å². The molecule has 0 spiro atoms. The Morgan fingerprint density at radius 1 is 1.07 bits per heavy atom. The first kappa shape index (κ1) is 25.5. The van der Waals surface area contributed by atoms with Crippen LogP contribution in [-0.4, -0.2) is 82.6 Å². The third kappa shape index (κ3) is 6.36. The van der Waals surface area contributed by atoms with Gasteiger partial charge in [0.15, 0.2) is 6.29 Å². The molecule has 2 rings (SSSR count). The van der Waals surface area contributed by atoms with Crippen LogP contribution in [0.2, 0.25) is 0 Å². The van der Waals surface area contributed by atoms with Crippen molar-refractivity contribution < 1.29 is 33.5 Å². The van der Waals surface area contributed by atoms with E-state index in [0.717, 1.165) is 12.0 Å². The molecular formula is C23H40O7. The van der Waals surface area contributed by atoms with Gasteiger partial charge in [0.2, 0.25) is 0 Å². The molecule has 0 saturated carbocycles. The number of epoxide rings is 1. The van der Waals surface area contributed by atoms with Gasteiger partial charge in [-0.15, -0.1) is 0 Å². The van der Waals surface area contributed by atoms with Crippen LogP contribution in [0.25, 0.3) is 0 Å². The smallest absolute Gasteiger partial charge is 0.184 e. The number of methoxy groups -OCH3 is 4. The molecule has 2 saturated heterocycles. The summed E-state index contributed by atoms with van der Waals surface area (Å²) in [7, 11) is 6.67. The molecule has 7 nitrogen and oxygen atoms in total. The van der Waals surface area contributed by atoms with E-state index >= 15 is 0 Å². The lowest BCUT2D eigenvalue weighted by Gasteiger charge is -2.39. The summed E-state index contributed by atoms with van der Waals surface area (Å²) in [6.07, 6.45) is 6.76. The number of hydrogen-bond acceptors (Lipinski definition) is 7. The van der Waals surface area contributed by atoms with Crippen LogP contribution in [0.4, 0.5) is 0 Å². The van der Waals surface area contributed by atoms with Gasteiger partial charge in [-0.1, -0.05) is 32.1 Å². The predicted molar refractivity (Wildman–Crippen MR) is 114 cm³/mol. The minimum atomic E-state index is -0.519. The molecule has 9 atom stereocenters. The molecule has 0 aromatic carbocycles. The highest BCUT2D eigenvalue weighted by Crippen LogP contribution is 2.36. The molecule has 0 aromatic rings. The van der Waals surface area contributed by atoms with Gasteiger partial charge in [0.25, 0.3) is 0 Å². The zero-order valence-electron chi connectivity index (χ0n) is 19.4. The summed E-state index contributed by atoms with van der Waals surface area (Å²) in [5.74, 6) is 0.268. The van der Waals surface area contributed by atoms with E-state index in [0.29, 0.717) is 12.8 Å². The Morgan fingerprint density at radius 3 is 2.33 bits per heavy atom. The standard InChI is InChI=1S/C23H40O7/c1-8-17(25-4)15(3)21-22(29-21)16(24)12-10-9-11-14(2)20-18(26-5)13-19(27-6)23(28-7)30-20/h9-11,15-24H,8,12-13H2,1-7H3/b10-9+,14-11+. The quantitative estimate of drug-likeness (QED) is 0.378. The third-order valence-corrected chi connectivity index (χ3v) is 6.30. The van der Waals surface area contributed by atoms with Crippen LogP contribution in [-0.2, 0) is 28.4 Å². The highest BCUT2D eigenvalue weighted by Gasteiger charge is 2.49. The molecule has 7 heteroatoms. The van der Waals surface area contributed by atoms with Crippen molar-refractivity contribution >= 4 is 0 Å². The van der Waals surface area contributed by atoms with Gasteiger partial charge in [-0.25, -0.2) is 0 Å². The van der Waals surface area contributed by atoms with Gasteiger partial charge in [-0.2, -0.15) is 0 Å². The first-order chi connectivity index (χ1) is 14.4. The summed E-state index contributed by atoms with van der Waals surface area (Å²) >= 11 is 0. The Labute approximate surface area is 181 Å². The third-order valence-electron chi connectivity index (χ3n) is 6.30. The van der Waals surface area contributed by atoms with Crippen molar-refractivity contribution in [1.29, 1.82) is 0 Å². The number of allylic oxidation sites excluding steroid dienone is 2. The normalized spacial score (nSPS) is 35.4. The molecule has 9 unspecified atom stereocenters. The van der Waals surface area contributed by atoms with Gasteiger partial charge < -0.3 is 33.5 Å². The second-order valence-electron chi connectivity index (χ2n) is 8.19. The van der Waals surface area contributed by atoms with Crippen LogP contribution < -0.4 is 0 Å². The second-order valence-corrected chi connectivity index (χ2v) is 8.19. The van der Waals surface area contributed by atoms with Gasteiger partial charge in [-0.3, -0.25) is 0 Å². The Hall–Kier alpha value is -0.800. The van der Waals surface area contributed by atoms with E-state index in [-0.39, 0.29) is 42.5 Å². The zero-order valence-corrected chi connectivity index (χ0v) is 19.4. The molecule has 30 heavy (non-hydrogen) atoms. The minimum Gasteiger partial charge on any atom is -0.390 e. The topological polar surface area (TPSA) is 78.9 Å². The van der Waals surface area contributed by atoms with E-state index in [1.807, 2.05) is 25.2 Å². The van der Waals surface area contributed by atoms with E-state index < -0.39 is 12.4 Å². The summed E-state index contributed by atoms with van der Waals surface area (Å²) in [6, 6.07) is 0. The molecule has 0 amide bonds. The summed E-state index contributed by atoms with van der Waals surface area (Å²) in [4.78, 5) is 0. The molecule has 0 aromatic heterocycles. The summed E-state index contributed by atoms with van der Waals surface area (Å²) in [5, 5.41) is 10.4. The van der Waals surface area contributed by atoms with Crippen LogP contribution >= 0.6 is 0 Å². The maximum atomic E-state index is 10.4. The fourth-order valence-electron chi connectivity index (χ4n) is 4.32. The maximum Gasteiger partial charge on any atom is 0.184 e. The van der Waals surface area contributed by atoms with Crippen molar-refractivity contribution in [3.8, 4) is 0 Å². The van der Waals surface area contributed by atoms with Crippen LogP contribution in [0.3, 0.4) is 0 Å². The molecule has 174 valence electrons. The van der Waals surface area contributed by atoms with Crippen LogP contribution in [0.5, 0.6) is 0 Å². The lowest BCUT2D eigenvalue weighted by molar-refractivity contribution is -0.256. The van der Waals surface area contributed by atoms with Gasteiger partial charge in [0, 0.05) is 40.8 Å². The molecule has 0 bridgehead atoms. The maximum absolute atomic E-state index is 10.4. The second kappa shape index (κ2) is 12.3. The van der Waals surface area contributed by atoms with E-state index in [1.165, 1.54) is 0 Å². The Kier molecular flexibility index (Phi) is 10.4. The highest BCUT2D eigenvalue weighted by atomic mass is 16.7. The Morgan fingerprint density at radius 2 is 1.77 bits per heavy atom. The van der Waals surface area contributed by atoms with Crippen molar-refractivity contribution in [1.82, 2.24) is 0 Å². The van der Waals surface area contributed by atoms with Crippen molar-refractivity contribution in [2.75, 3.05) is 28.4 Å². The Bertz CT molecular complexity index is 560. The van der Waals surface area contributed by atoms with Crippen LogP contribution in [0.1, 0.15) is 40.0 Å². The molecule has 2 fully saturated rings. The molecule has 2 aliphatic rings. The van der Waals surface area contributed by atoms with Crippen molar-refractivity contribution in [3.05, 3.63) is 23.8 Å². The lowest BCUT2D eigenvalue weighted by atomic mass is 9.94. The number of hydrogen-bond donors (Lipinski definition) is 1. The average Bonchev–Trinajstić information content (AvgIpc) is 3.57. The van der Waals surface area contributed by atoms with Crippen LogP contribution in [0, 0.1) is 5.92 Å². The fourth-order valence-corrected chi connectivity index (χ4v) is 4.32. The number of aliphatic hydroxyl groups is 1. The van der Waals surface area contributed by atoms with E-state index in [4.69, 9.17) is 28.4 Å². The summed E-state index contributed by atoms with van der Waals surface area (Å²) < 4.78 is 33.8. The SMILES string of the molecule is CCC(OC)C(C)C1OC1C(O)C/C=C/C=C(\C)C1OC(OC)C(OC)CC1OC. The molecule has 0 aliphatic carbocycles. The van der Waals surface area contributed by atoms with Crippen molar-refractivity contribution in [3.63, 3.8) is 0 Å². The molecule has 1 N–H and O–H groups in total. The fraction of sp³-hybridized carbons (Fsp3) is 0.826. The largest absolute Gasteiger partial charge is 0.390 e. The van der Waals surface area contributed by atoms with Gasteiger partial charge in [-0.05, 0) is 25.3 Å². The average molecular weight is 429 g/mol. The molecular weight excluding hydrogens is 388 g/mol. The van der Waals surface area contributed by atoms with Crippen molar-refractivity contribution in [2.24, 2.45) is 5.92 Å². The van der Waals surface area contributed by atoms with Gasteiger partial charge >= 0.3 is 0 Å². The zero-order chi connectivity index (χ0) is 22.3. The van der Waals surface area contributed by atoms with Crippen molar-refractivity contribution in [2.45, 2.75) is 89.1 Å². The van der Waals surface area contributed by atoms with Gasteiger partial charge in [0.05, 0.1) is 24.4 Å². The number of ether oxygens (including phenoxy) is 6. The lowest BCUT2D eigenvalue weighted by Crippen LogP contribution is -2.49. The minimum absolute atomic E-state index is 0.0633. The number of rotatable bonds is 12.